The lowest BCUT2D eigenvalue weighted by Crippen LogP contribution is -2.71. The van der Waals surface area contributed by atoms with Gasteiger partial charge in [0.1, 0.15) is 30.8 Å². The third kappa shape index (κ3) is 4.16. The Balaban J connectivity index is 1.77. The van der Waals surface area contributed by atoms with Crippen LogP contribution in [0.3, 0.4) is 0 Å². The molecule has 30 heavy (non-hydrogen) atoms. The van der Waals surface area contributed by atoms with Crippen molar-refractivity contribution in [1.29, 1.82) is 0 Å². The van der Waals surface area contributed by atoms with Crippen LogP contribution < -0.4 is 11.1 Å². The number of aromatic nitrogens is 1. The van der Waals surface area contributed by atoms with E-state index in [-0.39, 0.29) is 34.6 Å². The summed E-state index contributed by atoms with van der Waals surface area (Å²) < 4.78 is 4.99. The quantitative estimate of drug-likeness (QED) is 0.249. The minimum atomic E-state index is -0.856. The van der Waals surface area contributed by atoms with Gasteiger partial charge < -0.3 is 20.6 Å². The maximum absolute atomic E-state index is 12.8. The fourth-order valence-corrected chi connectivity index (χ4v) is 4.92. The average molecular weight is 454 g/mol. The predicted molar refractivity (Wildman–Crippen MR) is 109 cm³/mol. The molecule has 0 spiro atoms. The maximum Gasteiger partial charge on any atom is 0.302 e. The first-order valence-corrected chi connectivity index (χ1v) is 10.6. The molecule has 11 nitrogen and oxygen atoms in total. The molecular formula is C17H19N5O6S2. The van der Waals surface area contributed by atoms with Crippen LogP contribution in [-0.4, -0.2) is 70.0 Å². The highest BCUT2D eigenvalue weighted by Gasteiger charge is 2.53. The molecule has 1 fully saturated rings. The number of ketones is 1. The van der Waals surface area contributed by atoms with Gasteiger partial charge in [0, 0.05) is 30.6 Å². The van der Waals surface area contributed by atoms with Gasteiger partial charge in [-0.25, -0.2) is 4.98 Å². The minimum Gasteiger partial charge on any atom is -0.461 e. The van der Waals surface area contributed by atoms with Crippen molar-refractivity contribution in [3.8, 4) is 0 Å². The number of thioether (sulfide) groups is 1. The number of nitrogen functional groups attached to an aromatic ring is 1. The summed E-state index contributed by atoms with van der Waals surface area (Å²) in [6, 6.07) is -0.856. The largest absolute Gasteiger partial charge is 0.461 e. The van der Waals surface area contributed by atoms with Gasteiger partial charge >= 0.3 is 5.97 Å². The van der Waals surface area contributed by atoms with Gasteiger partial charge in [-0.05, 0) is 0 Å². The van der Waals surface area contributed by atoms with E-state index in [0.29, 0.717) is 11.3 Å². The normalized spacial score (nSPS) is 21.0. The summed E-state index contributed by atoms with van der Waals surface area (Å²) in [5, 5.41) is 7.66. The van der Waals surface area contributed by atoms with Gasteiger partial charge in [-0.1, -0.05) is 5.16 Å². The molecule has 1 aromatic rings. The number of nitrogens with one attached hydrogen (secondary N) is 1. The van der Waals surface area contributed by atoms with Gasteiger partial charge in [0.05, 0.1) is 5.70 Å². The highest BCUT2D eigenvalue weighted by Crippen LogP contribution is 2.40. The van der Waals surface area contributed by atoms with Crippen molar-refractivity contribution < 1.29 is 28.8 Å². The number of oxime groups is 1. The van der Waals surface area contributed by atoms with E-state index in [1.54, 1.807) is 5.38 Å². The highest BCUT2D eigenvalue weighted by molar-refractivity contribution is 8.00. The zero-order valence-corrected chi connectivity index (χ0v) is 18.0. The summed E-state index contributed by atoms with van der Waals surface area (Å²) in [7, 11) is 1.28. The Morgan fingerprint density at radius 2 is 2.13 bits per heavy atom. The van der Waals surface area contributed by atoms with E-state index in [2.05, 4.69) is 15.5 Å². The molecule has 3 N–H and O–H groups in total. The molecule has 160 valence electrons. The smallest absolute Gasteiger partial charge is 0.302 e. The molecule has 13 heteroatoms. The van der Waals surface area contributed by atoms with Gasteiger partial charge in [0.15, 0.2) is 16.6 Å². The standard InChI is InChI=1S/C17H19N5O6S2/c1-7(23)13-9(4-28-8(2)24)5-29-16-12(15(26)22(13)16)20-14(25)11(21-27-3)10-6-30-17(18)19-10/h6,12,16H,4-5H2,1-3H3,(H2,18,19)(H,20,25)/b21-11-/t12-,16-/m1/s1. The second-order valence-corrected chi connectivity index (χ2v) is 8.34. The maximum atomic E-state index is 12.8. The Morgan fingerprint density at radius 1 is 1.40 bits per heavy atom. The number of hydrogen-bond donors (Lipinski definition) is 2. The molecule has 1 aromatic heterocycles. The number of nitrogens with zero attached hydrogens (tertiary/aromatic N) is 3. The Labute approximate surface area is 179 Å². The first-order chi connectivity index (χ1) is 14.2. The first kappa shape index (κ1) is 21.8. The Bertz CT molecular complexity index is 972. The van der Waals surface area contributed by atoms with Crippen LogP contribution in [0.25, 0.3) is 0 Å². The van der Waals surface area contributed by atoms with Crippen molar-refractivity contribution in [3.63, 3.8) is 0 Å². The molecule has 2 amide bonds. The van der Waals surface area contributed by atoms with Crippen LogP contribution in [0, 0.1) is 0 Å². The Kier molecular flexibility index (Phi) is 6.41. The number of rotatable bonds is 7. The molecule has 0 aliphatic carbocycles. The molecular weight excluding hydrogens is 434 g/mol. The molecule has 1 saturated heterocycles. The molecule has 3 rings (SSSR count). The van der Waals surface area contributed by atoms with Crippen molar-refractivity contribution in [1.82, 2.24) is 15.2 Å². The molecule has 3 heterocycles. The van der Waals surface area contributed by atoms with E-state index < -0.39 is 29.2 Å². The van der Waals surface area contributed by atoms with E-state index in [4.69, 9.17) is 15.3 Å². The van der Waals surface area contributed by atoms with Gasteiger partial charge in [0.2, 0.25) is 0 Å². The lowest BCUT2D eigenvalue weighted by molar-refractivity contribution is -0.146. The van der Waals surface area contributed by atoms with Gasteiger partial charge in [-0.15, -0.1) is 23.1 Å². The molecule has 0 bridgehead atoms. The molecule has 0 aromatic carbocycles. The minimum absolute atomic E-state index is 0.0688. The fourth-order valence-electron chi connectivity index (χ4n) is 3.05. The number of β-lactam (4-membered cyclic amide) rings is 1. The number of amides is 2. The number of allylic oxidation sites excluding steroid dienone is 1. The van der Waals surface area contributed by atoms with E-state index in [1.165, 1.54) is 37.6 Å². The number of carbonyl (C=O) groups excluding carboxylic acids is 4. The van der Waals surface area contributed by atoms with Crippen molar-refractivity contribution in [2.45, 2.75) is 25.3 Å². The topological polar surface area (TPSA) is 153 Å². The van der Waals surface area contributed by atoms with E-state index in [9.17, 15) is 19.2 Å². The second kappa shape index (κ2) is 8.83. The second-order valence-electron chi connectivity index (χ2n) is 6.34. The average Bonchev–Trinajstić information content (AvgIpc) is 3.13. The number of fused-ring (bicyclic) bond motifs is 1. The Morgan fingerprint density at radius 3 is 2.70 bits per heavy atom. The van der Waals surface area contributed by atoms with Crippen LogP contribution in [0.2, 0.25) is 0 Å². The summed E-state index contributed by atoms with van der Waals surface area (Å²) >= 11 is 2.49. The fraction of sp³-hybridized carbons (Fsp3) is 0.412. The van der Waals surface area contributed by atoms with Crippen LogP contribution >= 0.6 is 23.1 Å². The van der Waals surface area contributed by atoms with Gasteiger partial charge in [-0.2, -0.15) is 0 Å². The van der Waals surface area contributed by atoms with Crippen LogP contribution in [0.1, 0.15) is 19.5 Å². The summed E-state index contributed by atoms with van der Waals surface area (Å²) in [5.41, 5.74) is 6.47. The van der Waals surface area contributed by atoms with Crippen molar-refractivity contribution in [2.24, 2.45) is 5.16 Å². The lowest BCUT2D eigenvalue weighted by Gasteiger charge is -2.49. The number of thiazole rings is 1. The van der Waals surface area contributed by atoms with Crippen LogP contribution in [0.4, 0.5) is 5.13 Å². The third-order valence-corrected chi connectivity index (χ3v) is 6.29. The molecule has 0 saturated carbocycles. The summed E-state index contributed by atoms with van der Waals surface area (Å²) in [4.78, 5) is 58.8. The number of esters is 1. The summed E-state index contributed by atoms with van der Waals surface area (Å²) in [5.74, 6) is -1.52. The number of ether oxygens (including phenoxy) is 1. The van der Waals surface area contributed by atoms with Gasteiger partial charge in [0.25, 0.3) is 11.8 Å². The van der Waals surface area contributed by atoms with E-state index >= 15 is 0 Å². The molecule has 0 unspecified atom stereocenters. The summed E-state index contributed by atoms with van der Waals surface area (Å²) in [6.07, 6.45) is 0. The number of Topliss-reactive ketones (excluding diaryl/α,β-unsaturated/α-hetero) is 1. The SMILES string of the molecule is CO/N=C(\C(=O)N[C@@H]1C(=O)N2C(C(C)=O)=C(COC(C)=O)CS[C@H]12)c1csc(N)n1. The first-order valence-electron chi connectivity index (χ1n) is 8.69. The summed E-state index contributed by atoms with van der Waals surface area (Å²) in [6.45, 7) is 2.54. The monoisotopic (exact) mass is 453 g/mol. The zero-order chi connectivity index (χ0) is 22.0. The predicted octanol–water partition coefficient (Wildman–Crippen LogP) is -0.118. The zero-order valence-electron chi connectivity index (χ0n) is 16.3. The molecule has 2 atom stereocenters. The van der Waals surface area contributed by atoms with Crippen LogP contribution in [0.5, 0.6) is 0 Å². The molecule has 0 radical (unpaired) electrons. The number of carbonyl (C=O) groups is 4. The van der Waals surface area contributed by atoms with Crippen molar-refractivity contribution in [3.05, 3.63) is 22.3 Å². The molecule has 2 aliphatic heterocycles. The van der Waals surface area contributed by atoms with Gasteiger partial charge in [-0.3, -0.25) is 24.1 Å². The van der Waals surface area contributed by atoms with Crippen LogP contribution in [-0.2, 0) is 28.8 Å². The number of anilines is 1. The van der Waals surface area contributed by atoms with E-state index in [1.807, 2.05) is 0 Å². The number of hydrogen-bond acceptors (Lipinski definition) is 11. The van der Waals surface area contributed by atoms with Crippen molar-refractivity contribution >= 4 is 57.5 Å². The molecule has 2 aliphatic rings. The highest BCUT2D eigenvalue weighted by atomic mass is 32.2. The van der Waals surface area contributed by atoms with Crippen molar-refractivity contribution in [2.75, 3.05) is 25.2 Å². The third-order valence-electron chi connectivity index (χ3n) is 4.28. The van der Waals surface area contributed by atoms with E-state index in [0.717, 1.165) is 11.3 Å². The number of nitrogens with two attached hydrogens (primary N) is 1. The van der Waals surface area contributed by atoms with Crippen LogP contribution in [0.15, 0.2) is 21.8 Å². The Hall–Kier alpha value is -2.93. The lowest BCUT2D eigenvalue weighted by atomic mass is 10.0.